The van der Waals surface area contributed by atoms with E-state index in [1.54, 1.807) is 0 Å². The van der Waals surface area contributed by atoms with Crippen LogP contribution in [0.4, 0.5) is 0 Å². The Bertz CT molecular complexity index is 94.1. The Hall–Kier alpha value is 0.00247. The van der Waals surface area contributed by atoms with Gasteiger partial charge in [-0.3, -0.25) is 4.79 Å². The topological polar surface area (TPSA) is 37.3 Å². The Morgan fingerprint density at radius 1 is 1.18 bits per heavy atom. The quantitative estimate of drug-likeness (QED) is 0.490. The summed E-state index contributed by atoms with van der Waals surface area (Å²) in [5.41, 5.74) is 0. The molecule has 0 bridgehead atoms. The molecule has 0 saturated heterocycles. The van der Waals surface area contributed by atoms with Crippen molar-refractivity contribution in [2.75, 3.05) is 0 Å². The van der Waals surface area contributed by atoms with Gasteiger partial charge in [-0.25, -0.2) is 0 Å². The van der Waals surface area contributed by atoms with Crippen LogP contribution < -0.4 is 0 Å². The Morgan fingerprint density at radius 2 is 1.73 bits per heavy atom. The molecule has 0 aromatic carbocycles. The molecule has 0 aliphatic rings. The van der Waals surface area contributed by atoms with Crippen molar-refractivity contribution in [1.29, 1.82) is 0 Å². The van der Waals surface area contributed by atoms with E-state index in [1.165, 1.54) is 19.3 Å². The zero-order valence-corrected chi connectivity index (χ0v) is 8.33. The van der Waals surface area contributed by atoms with Crippen LogP contribution in [0.15, 0.2) is 0 Å². The largest absolute Gasteiger partial charge is 3.00 e. The van der Waals surface area contributed by atoms with Gasteiger partial charge in [-0.1, -0.05) is 32.6 Å². The molecule has 60 valence electrons. The number of hydrogen-bond acceptors (Lipinski definition) is 1. The number of carbonyl (C=O) groups is 1. The number of hydrogen-bond donors (Lipinski definition) is 1. The predicted molar refractivity (Wildman–Crippen MR) is 46.8 cm³/mol. The third-order valence-electron chi connectivity index (χ3n) is 1.49. The van der Waals surface area contributed by atoms with Crippen molar-refractivity contribution in [3.8, 4) is 0 Å². The summed E-state index contributed by atoms with van der Waals surface area (Å²) in [4.78, 5) is 10.0. The van der Waals surface area contributed by atoms with Crippen LogP contribution in [-0.4, -0.2) is 28.4 Å². The molecule has 0 aromatic heterocycles. The van der Waals surface area contributed by atoms with Gasteiger partial charge < -0.3 is 5.11 Å². The van der Waals surface area contributed by atoms with Gasteiger partial charge in [0.1, 0.15) is 0 Å². The monoisotopic (exact) mass is 171 g/mol. The van der Waals surface area contributed by atoms with E-state index in [-0.39, 0.29) is 17.4 Å². The van der Waals surface area contributed by atoms with Gasteiger partial charge >= 0.3 is 23.3 Å². The smallest absolute Gasteiger partial charge is 0.481 e. The van der Waals surface area contributed by atoms with Crippen LogP contribution in [0, 0.1) is 0 Å². The van der Waals surface area contributed by atoms with Gasteiger partial charge in [0, 0.05) is 6.42 Å². The molecule has 2 nitrogen and oxygen atoms in total. The fourth-order valence-electron chi connectivity index (χ4n) is 0.880. The van der Waals surface area contributed by atoms with Crippen LogP contribution in [0.25, 0.3) is 0 Å². The minimum Gasteiger partial charge on any atom is -0.481 e. The van der Waals surface area contributed by atoms with Crippen molar-refractivity contribution >= 4 is 23.3 Å². The van der Waals surface area contributed by atoms with E-state index >= 15 is 0 Å². The molecule has 0 heterocycles. The van der Waals surface area contributed by atoms with Crippen molar-refractivity contribution < 1.29 is 9.90 Å². The molecule has 0 saturated carbocycles. The van der Waals surface area contributed by atoms with Crippen LogP contribution in [0.5, 0.6) is 0 Å². The zero-order chi connectivity index (χ0) is 7.82. The number of rotatable bonds is 6. The molecular formula is C8H16AlO2+3. The number of carboxylic acids is 1. The number of aliphatic carboxylic acids is 1. The van der Waals surface area contributed by atoms with E-state index in [1.807, 2.05) is 0 Å². The fraction of sp³-hybridized carbons (Fsp3) is 0.875. The first-order valence-electron chi connectivity index (χ1n) is 3.99. The average molecular weight is 171 g/mol. The van der Waals surface area contributed by atoms with Gasteiger partial charge in [0.15, 0.2) is 0 Å². The molecule has 0 rings (SSSR count). The standard InChI is InChI=1S/C8H16O2.Al/c1-2-3-4-5-6-7-8(9)10;/h2-7H2,1H3,(H,9,10);/q;+3. The third kappa shape index (κ3) is 13.1. The molecule has 11 heavy (non-hydrogen) atoms. The molecular weight excluding hydrogens is 155 g/mol. The second kappa shape index (κ2) is 10.0. The van der Waals surface area contributed by atoms with E-state index in [9.17, 15) is 4.79 Å². The molecule has 0 unspecified atom stereocenters. The molecule has 3 heteroatoms. The maximum Gasteiger partial charge on any atom is 3.00 e. The minimum atomic E-state index is -0.670. The molecule has 0 spiro atoms. The van der Waals surface area contributed by atoms with E-state index in [0.717, 1.165) is 12.8 Å². The first kappa shape index (κ1) is 13.6. The molecule has 1 N–H and O–H groups in total. The molecule has 0 aliphatic heterocycles. The summed E-state index contributed by atoms with van der Waals surface area (Å²) in [6.45, 7) is 2.15. The zero-order valence-electron chi connectivity index (χ0n) is 7.18. The first-order chi connectivity index (χ1) is 4.77. The van der Waals surface area contributed by atoms with Crippen molar-refractivity contribution in [2.45, 2.75) is 45.4 Å². The maximum absolute atomic E-state index is 10.0. The fourth-order valence-corrected chi connectivity index (χ4v) is 0.880. The van der Waals surface area contributed by atoms with Crippen LogP contribution >= 0.6 is 0 Å². The molecule has 0 aromatic rings. The van der Waals surface area contributed by atoms with Crippen LogP contribution in [-0.2, 0) is 4.79 Å². The molecule has 0 aliphatic carbocycles. The molecule has 0 amide bonds. The summed E-state index contributed by atoms with van der Waals surface area (Å²) in [6, 6.07) is 0. The second-order valence-corrected chi connectivity index (χ2v) is 2.56. The maximum atomic E-state index is 10.0. The second-order valence-electron chi connectivity index (χ2n) is 2.56. The Labute approximate surface area is 79.1 Å². The van der Waals surface area contributed by atoms with Crippen molar-refractivity contribution in [3.05, 3.63) is 0 Å². The Balaban J connectivity index is 0. The summed E-state index contributed by atoms with van der Waals surface area (Å²) in [7, 11) is 0. The minimum absolute atomic E-state index is 0. The SMILES string of the molecule is CCCCCCCC(=O)O.[Al+3]. The molecule has 0 fully saturated rings. The van der Waals surface area contributed by atoms with Crippen LogP contribution in [0.2, 0.25) is 0 Å². The summed E-state index contributed by atoms with van der Waals surface area (Å²) >= 11 is 0. The van der Waals surface area contributed by atoms with Gasteiger partial charge in [0.05, 0.1) is 0 Å². The predicted octanol–water partition coefficient (Wildman–Crippen LogP) is 2.05. The van der Waals surface area contributed by atoms with Crippen LogP contribution in [0.1, 0.15) is 45.4 Å². The summed E-state index contributed by atoms with van der Waals surface area (Å²) in [5, 5.41) is 8.27. The number of carboxylic acid groups (broad SMARTS) is 1. The Morgan fingerprint density at radius 3 is 2.18 bits per heavy atom. The van der Waals surface area contributed by atoms with Gasteiger partial charge in [-0.15, -0.1) is 0 Å². The van der Waals surface area contributed by atoms with E-state index in [0.29, 0.717) is 6.42 Å². The van der Waals surface area contributed by atoms with Crippen molar-refractivity contribution in [3.63, 3.8) is 0 Å². The normalized spacial score (nSPS) is 8.82. The summed E-state index contributed by atoms with van der Waals surface area (Å²) in [5.74, 6) is -0.670. The van der Waals surface area contributed by atoms with Gasteiger partial charge in [-0.05, 0) is 6.42 Å². The van der Waals surface area contributed by atoms with E-state index in [2.05, 4.69) is 6.92 Å². The number of unbranched alkanes of at least 4 members (excludes halogenated alkanes) is 4. The molecule has 0 atom stereocenters. The average Bonchev–Trinajstić information content (AvgIpc) is 1.87. The van der Waals surface area contributed by atoms with E-state index in [4.69, 9.17) is 5.11 Å². The van der Waals surface area contributed by atoms with Gasteiger partial charge in [0.2, 0.25) is 0 Å². The van der Waals surface area contributed by atoms with Crippen molar-refractivity contribution in [1.82, 2.24) is 0 Å². The van der Waals surface area contributed by atoms with Crippen LogP contribution in [0.3, 0.4) is 0 Å². The van der Waals surface area contributed by atoms with E-state index < -0.39 is 5.97 Å². The molecule has 0 radical (unpaired) electrons. The third-order valence-corrected chi connectivity index (χ3v) is 1.49. The summed E-state index contributed by atoms with van der Waals surface area (Å²) < 4.78 is 0. The summed E-state index contributed by atoms with van der Waals surface area (Å²) in [6.07, 6.45) is 5.88. The first-order valence-corrected chi connectivity index (χ1v) is 3.99. The van der Waals surface area contributed by atoms with Gasteiger partial charge in [0.25, 0.3) is 0 Å². The van der Waals surface area contributed by atoms with Gasteiger partial charge in [-0.2, -0.15) is 0 Å². The Kier molecular flexibility index (Phi) is 12.4. The van der Waals surface area contributed by atoms with Crippen molar-refractivity contribution in [2.24, 2.45) is 0 Å².